The highest BCUT2D eigenvalue weighted by Gasteiger charge is 2.35. The molecule has 0 aromatic rings. The summed E-state index contributed by atoms with van der Waals surface area (Å²) in [6.07, 6.45) is 9.55. The Balaban J connectivity index is 2.76. The van der Waals surface area contributed by atoms with E-state index >= 15 is 0 Å². The van der Waals surface area contributed by atoms with Crippen LogP contribution in [0, 0.1) is 0 Å². The van der Waals surface area contributed by atoms with Gasteiger partial charge in [-0.2, -0.15) is 0 Å². The van der Waals surface area contributed by atoms with Gasteiger partial charge in [-0.05, 0) is 45.4 Å². The van der Waals surface area contributed by atoms with Crippen molar-refractivity contribution in [3.05, 3.63) is 23.8 Å². The molecular formula is C13H24OSi. The predicted octanol–water partition coefficient (Wildman–Crippen LogP) is 4.28. The average molecular weight is 224 g/mol. The summed E-state index contributed by atoms with van der Waals surface area (Å²) in [7, 11) is -1.58. The van der Waals surface area contributed by atoms with E-state index in [1.54, 1.807) is 0 Å². The van der Waals surface area contributed by atoms with Gasteiger partial charge in [-0.1, -0.05) is 25.2 Å². The second-order valence-electron chi connectivity index (χ2n) is 5.07. The van der Waals surface area contributed by atoms with Crippen LogP contribution in [0.2, 0.25) is 18.6 Å². The standard InChI is InChI=1S/C13H24OSi/c1-6-13(12-9-7-8-10-12)15(4,5)14-11(2)3/h7,9-11,13H,6,8H2,1-5H3. The molecule has 1 unspecified atom stereocenters. The number of hydrogen-bond acceptors (Lipinski definition) is 1. The third-order valence-electron chi connectivity index (χ3n) is 2.99. The Morgan fingerprint density at radius 1 is 1.40 bits per heavy atom. The summed E-state index contributed by atoms with van der Waals surface area (Å²) in [6, 6.07) is 0. The van der Waals surface area contributed by atoms with Crippen molar-refractivity contribution in [2.45, 2.75) is 58.4 Å². The first-order valence-electron chi connectivity index (χ1n) is 6.01. The molecule has 0 fully saturated rings. The summed E-state index contributed by atoms with van der Waals surface area (Å²) in [5.74, 6) is 0. The van der Waals surface area contributed by atoms with E-state index in [2.05, 4.69) is 52.1 Å². The summed E-state index contributed by atoms with van der Waals surface area (Å²) in [5.41, 5.74) is 2.16. The van der Waals surface area contributed by atoms with E-state index in [4.69, 9.17) is 4.43 Å². The van der Waals surface area contributed by atoms with Crippen LogP contribution in [0.1, 0.15) is 33.6 Å². The maximum absolute atomic E-state index is 6.17. The van der Waals surface area contributed by atoms with Gasteiger partial charge in [-0.25, -0.2) is 0 Å². The topological polar surface area (TPSA) is 9.23 Å². The Hall–Kier alpha value is -0.343. The van der Waals surface area contributed by atoms with Crippen LogP contribution in [0.5, 0.6) is 0 Å². The van der Waals surface area contributed by atoms with E-state index in [-0.39, 0.29) is 0 Å². The van der Waals surface area contributed by atoms with E-state index < -0.39 is 8.32 Å². The van der Waals surface area contributed by atoms with Gasteiger partial charge in [0.2, 0.25) is 0 Å². The SMILES string of the molecule is CCC(C1=CCC=C1)[Si](C)(C)OC(C)C. The molecule has 0 N–H and O–H groups in total. The molecule has 0 aliphatic heterocycles. The van der Waals surface area contributed by atoms with Crippen LogP contribution in [0.4, 0.5) is 0 Å². The third kappa shape index (κ3) is 3.32. The zero-order valence-electron chi connectivity index (χ0n) is 10.7. The van der Waals surface area contributed by atoms with Crippen LogP contribution >= 0.6 is 0 Å². The van der Waals surface area contributed by atoms with Gasteiger partial charge < -0.3 is 4.43 Å². The van der Waals surface area contributed by atoms with Crippen LogP contribution in [0.3, 0.4) is 0 Å². The number of hydrogen-bond donors (Lipinski definition) is 0. The fourth-order valence-electron chi connectivity index (χ4n) is 2.55. The molecular weight excluding hydrogens is 200 g/mol. The van der Waals surface area contributed by atoms with Crippen LogP contribution in [0.25, 0.3) is 0 Å². The first-order valence-corrected chi connectivity index (χ1v) is 9.00. The molecule has 1 rings (SSSR count). The van der Waals surface area contributed by atoms with Crippen molar-refractivity contribution >= 4 is 8.32 Å². The van der Waals surface area contributed by atoms with Crippen molar-refractivity contribution in [2.24, 2.45) is 0 Å². The lowest BCUT2D eigenvalue weighted by atomic mass is 10.1. The molecule has 2 heteroatoms. The zero-order chi connectivity index (χ0) is 11.5. The molecule has 1 aliphatic rings. The molecule has 0 spiro atoms. The lowest BCUT2D eigenvalue weighted by Crippen LogP contribution is -2.39. The van der Waals surface area contributed by atoms with Gasteiger partial charge in [-0.3, -0.25) is 0 Å². The fraction of sp³-hybridized carbons (Fsp3) is 0.692. The summed E-state index contributed by atoms with van der Waals surface area (Å²) in [4.78, 5) is 0. The van der Waals surface area contributed by atoms with E-state index in [9.17, 15) is 0 Å². The molecule has 0 heterocycles. The van der Waals surface area contributed by atoms with Crippen LogP contribution in [-0.2, 0) is 4.43 Å². The Kier molecular flexibility index (Phi) is 4.35. The summed E-state index contributed by atoms with van der Waals surface area (Å²) in [5, 5.41) is 0. The minimum atomic E-state index is -1.58. The van der Waals surface area contributed by atoms with E-state index in [0.29, 0.717) is 11.6 Å². The quantitative estimate of drug-likeness (QED) is 0.633. The van der Waals surface area contributed by atoms with E-state index in [1.165, 1.54) is 12.0 Å². The number of allylic oxidation sites excluding steroid dienone is 4. The molecule has 15 heavy (non-hydrogen) atoms. The maximum Gasteiger partial charge on any atom is 0.194 e. The highest BCUT2D eigenvalue weighted by atomic mass is 28.4. The summed E-state index contributed by atoms with van der Waals surface area (Å²) >= 11 is 0. The van der Waals surface area contributed by atoms with Crippen LogP contribution in [0.15, 0.2) is 23.8 Å². The largest absolute Gasteiger partial charge is 0.414 e. The van der Waals surface area contributed by atoms with E-state index in [1.807, 2.05) is 0 Å². The smallest absolute Gasteiger partial charge is 0.194 e. The third-order valence-corrected chi connectivity index (χ3v) is 6.49. The Morgan fingerprint density at radius 2 is 2.07 bits per heavy atom. The lowest BCUT2D eigenvalue weighted by molar-refractivity contribution is 0.227. The molecule has 1 aliphatic carbocycles. The Bertz CT molecular complexity index is 264. The maximum atomic E-state index is 6.17. The molecule has 1 nitrogen and oxygen atoms in total. The molecule has 0 bridgehead atoms. The van der Waals surface area contributed by atoms with Gasteiger partial charge in [0.25, 0.3) is 0 Å². The molecule has 0 aromatic heterocycles. The van der Waals surface area contributed by atoms with Gasteiger partial charge in [0.1, 0.15) is 0 Å². The monoisotopic (exact) mass is 224 g/mol. The van der Waals surface area contributed by atoms with E-state index in [0.717, 1.165) is 6.42 Å². The molecule has 86 valence electrons. The first-order chi connectivity index (χ1) is 6.97. The predicted molar refractivity (Wildman–Crippen MR) is 69.6 cm³/mol. The van der Waals surface area contributed by atoms with Crippen molar-refractivity contribution in [1.29, 1.82) is 0 Å². The summed E-state index contributed by atoms with van der Waals surface area (Å²) in [6.45, 7) is 11.2. The second kappa shape index (κ2) is 5.13. The van der Waals surface area contributed by atoms with Crippen molar-refractivity contribution in [1.82, 2.24) is 0 Å². The van der Waals surface area contributed by atoms with Gasteiger partial charge >= 0.3 is 0 Å². The van der Waals surface area contributed by atoms with Crippen molar-refractivity contribution in [3.63, 3.8) is 0 Å². The molecule has 0 saturated carbocycles. The van der Waals surface area contributed by atoms with Crippen LogP contribution < -0.4 is 0 Å². The lowest BCUT2D eigenvalue weighted by Gasteiger charge is -2.34. The molecule has 0 aromatic carbocycles. The van der Waals surface area contributed by atoms with Gasteiger partial charge in [0, 0.05) is 11.6 Å². The Morgan fingerprint density at radius 3 is 2.47 bits per heavy atom. The Labute approximate surface area is 95.4 Å². The fourth-order valence-corrected chi connectivity index (χ4v) is 5.93. The normalized spacial score (nSPS) is 18.4. The highest BCUT2D eigenvalue weighted by molar-refractivity contribution is 6.73. The molecule has 1 atom stereocenters. The molecule has 0 radical (unpaired) electrons. The van der Waals surface area contributed by atoms with Crippen LogP contribution in [-0.4, -0.2) is 14.4 Å². The minimum Gasteiger partial charge on any atom is -0.414 e. The zero-order valence-corrected chi connectivity index (χ0v) is 11.7. The van der Waals surface area contributed by atoms with Gasteiger partial charge in [0.05, 0.1) is 0 Å². The van der Waals surface area contributed by atoms with Crippen molar-refractivity contribution < 1.29 is 4.43 Å². The highest BCUT2D eigenvalue weighted by Crippen LogP contribution is 2.37. The van der Waals surface area contributed by atoms with Crippen molar-refractivity contribution in [3.8, 4) is 0 Å². The minimum absolute atomic E-state index is 0.353. The van der Waals surface area contributed by atoms with Gasteiger partial charge in [0.15, 0.2) is 8.32 Å². The van der Waals surface area contributed by atoms with Gasteiger partial charge in [-0.15, -0.1) is 0 Å². The average Bonchev–Trinajstić information content (AvgIpc) is 2.54. The van der Waals surface area contributed by atoms with Crippen molar-refractivity contribution in [2.75, 3.05) is 0 Å². The summed E-state index contributed by atoms with van der Waals surface area (Å²) < 4.78 is 6.17. The molecule has 0 saturated heterocycles. The molecule has 0 amide bonds. The number of rotatable bonds is 5. The second-order valence-corrected chi connectivity index (χ2v) is 9.21. The first kappa shape index (κ1) is 12.7.